The zero-order valence-corrected chi connectivity index (χ0v) is 64.1. The SMILES string of the molecule is CCCCCC/C=C\C=C/CCCCCCCC(=O)O[C@H](COC(=O)CCCCCCCCCC(C)C)COP(=O)(O)OCC(O)COP(=O)(O)OC[C@@H](COC(=O)CCCCCCCCCCCCCC(C)C)OC(=O)CCCCCCCCCCCCCCCCC(C)C. The molecule has 96 heavy (non-hydrogen) atoms. The van der Waals surface area contributed by atoms with Gasteiger partial charge in [-0.15, -0.1) is 0 Å². The summed E-state index contributed by atoms with van der Waals surface area (Å²) in [4.78, 5) is 72.8. The summed E-state index contributed by atoms with van der Waals surface area (Å²) in [5, 5.41) is 10.6. The molecule has 19 heteroatoms. The van der Waals surface area contributed by atoms with Gasteiger partial charge in [-0.25, -0.2) is 9.13 Å². The number of rotatable bonds is 73. The van der Waals surface area contributed by atoms with Gasteiger partial charge in [-0.1, -0.05) is 317 Å². The first kappa shape index (κ1) is 93.5. The molecule has 3 N–H and O–H groups in total. The van der Waals surface area contributed by atoms with Gasteiger partial charge in [-0.05, 0) is 69.1 Å². The van der Waals surface area contributed by atoms with E-state index in [0.29, 0.717) is 31.6 Å². The van der Waals surface area contributed by atoms with Crippen molar-refractivity contribution in [3.63, 3.8) is 0 Å². The lowest BCUT2D eigenvalue weighted by molar-refractivity contribution is -0.161. The number of allylic oxidation sites excluding steroid dienone is 4. The lowest BCUT2D eigenvalue weighted by atomic mass is 10.0. The van der Waals surface area contributed by atoms with Crippen LogP contribution in [0.15, 0.2) is 24.3 Å². The zero-order chi connectivity index (χ0) is 70.9. The number of phosphoric ester groups is 2. The number of aliphatic hydroxyl groups is 1. The summed E-state index contributed by atoms with van der Waals surface area (Å²) in [5.41, 5.74) is 0. The van der Waals surface area contributed by atoms with Gasteiger partial charge < -0.3 is 33.8 Å². The normalized spacial score (nSPS) is 14.2. The summed E-state index contributed by atoms with van der Waals surface area (Å²) in [6.07, 6.45) is 56.3. The van der Waals surface area contributed by atoms with Crippen molar-refractivity contribution >= 4 is 39.5 Å². The Kier molecular flexibility index (Phi) is 65.3. The molecule has 0 aliphatic rings. The van der Waals surface area contributed by atoms with Crippen LogP contribution in [-0.4, -0.2) is 96.7 Å². The first-order valence-corrected chi connectivity index (χ1v) is 42.2. The Morgan fingerprint density at radius 1 is 0.323 bits per heavy atom. The Labute approximate surface area is 586 Å². The lowest BCUT2D eigenvalue weighted by Crippen LogP contribution is -2.30. The highest BCUT2D eigenvalue weighted by molar-refractivity contribution is 7.47. The maximum atomic E-state index is 13.1. The fourth-order valence-electron chi connectivity index (χ4n) is 11.2. The molecule has 566 valence electrons. The van der Waals surface area contributed by atoms with Gasteiger partial charge in [0.25, 0.3) is 0 Å². The number of hydrogen-bond donors (Lipinski definition) is 3. The van der Waals surface area contributed by atoms with E-state index in [9.17, 15) is 43.2 Å². The highest BCUT2D eigenvalue weighted by Gasteiger charge is 2.30. The largest absolute Gasteiger partial charge is 0.472 e. The van der Waals surface area contributed by atoms with Gasteiger partial charge in [0.1, 0.15) is 19.3 Å². The summed E-state index contributed by atoms with van der Waals surface area (Å²) >= 11 is 0. The van der Waals surface area contributed by atoms with Crippen LogP contribution in [0.3, 0.4) is 0 Å². The van der Waals surface area contributed by atoms with Gasteiger partial charge in [0.05, 0.1) is 26.4 Å². The number of esters is 4. The molecule has 17 nitrogen and oxygen atoms in total. The molecule has 0 aromatic carbocycles. The third kappa shape index (κ3) is 70.0. The van der Waals surface area contributed by atoms with Crippen molar-refractivity contribution in [1.29, 1.82) is 0 Å². The molecule has 0 bridgehead atoms. The maximum Gasteiger partial charge on any atom is 0.472 e. The van der Waals surface area contributed by atoms with E-state index in [4.69, 9.17) is 37.0 Å². The van der Waals surface area contributed by atoms with E-state index in [1.54, 1.807) is 0 Å². The van der Waals surface area contributed by atoms with Crippen molar-refractivity contribution < 1.29 is 80.2 Å². The van der Waals surface area contributed by atoms with Crippen LogP contribution in [0.1, 0.15) is 370 Å². The smallest absolute Gasteiger partial charge is 0.462 e. The van der Waals surface area contributed by atoms with Crippen LogP contribution in [-0.2, 0) is 65.4 Å². The van der Waals surface area contributed by atoms with E-state index in [-0.39, 0.29) is 25.7 Å². The molecule has 0 saturated heterocycles. The van der Waals surface area contributed by atoms with Crippen LogP contribution in [0, 0.1) is 17.8 Å². The molecule has 0 spiro atoms. The molecule has 3 unspecified atom stereocenters. The Bertz CT molecular complexity index is 1960. The molecular formula is C77H146O17P2. The number of carbonyl (C=O) groups excluding carboxylic acids is 4. The van der Waals surface area contributed by atoms with Crippen molar-refractivity contribution in [2.24, 2.45) is 17.8 Å². The van der Waals surface area contributed by atoms with Crippen LogP contribution < -0.4 is 0 Å². The second kappa shape index (κ2) is 67.1. The third-order valence-corrected chi connectivity index (χ3v) is 19.2. The number of phosphoric acid groups is 2. The van der Waals surface area contributed by atoms with E-state index in [1.165, 1.54) is 161 Å². The Morgan fingerprint density at radius 2 is 0.562 bits per heavy atom. The van der Waals surface area contributed by atoms with Crippen molar-refractivity contribution in [3.8, 4) is 0 Å². The molecule has 0 aromatic rings. The number of hydrogen-bond acceptors (Lipinski definition) is 15. The lowest BCUT2D eigenvalue weighted by Gasteiger charge is -2.21. The van der Waals surface area contributed by atoms with Crippen molar-refractivity contribution in [2.45, 2.75) is 388 Å². The minimum Gasteiger partial charge on any atom is -0.462 e. The molecule has 0 fully saturated rings. The van der Waals surface area contributed by atoms with Gasteiger partial charge in [0.2, 0.25) is 0 Å². The predicted octanol–water partition coefficient (Wildman–Crippen LogP) is 22.1. The van der Waals surface area contributed by atoms with E-state index >= 15 is 0 Å². The standard InChI is InChI=1S/C77H146O17P2/c1-8-9-10-11-12-13-14-15-16-20-25-31-38-46-53-60-77(82)94-73(65-88-75(80)59-52-45-40-33-36-43-50-57-70(6)7)67-92-96(85,86)90-63-71(78)62-89-95(83,84)91-66-72(64-87-74(79)58-51-44-37-30-27-22-24-29-35-42-49-56-69(4)5)93-76(81)61-54-47-39-32-26-21-18-17-19-23-28-34-41-48-55-68(2)3/h13-16,68-73,78H,8-12,17-67H2,1-7H3,(H,83,84)(H,85,86)/b14-13-,16-15-/t71?,72-,73-/m1/s1. The molecule has 0 radical (unpaired) electrons. The van der Waals surface area contributed by atoms with Crippen LogP contribution in [0.25, 0.3) is 0 Å². The van der Waals surface area contributed by atoms with Gasteiger partial charge in [0, 0.05) is 25.7 Å². The summed E-state index contributed by atoms with van der Waals surface area (Å²) in [5.74, 6) is 0.117. The number of unbranched alkanes of at least 4 members (excludes halogenated alkanes) is 38. The fourth-order valence-corrected chi connectivity index (χ4v) is 12.8. The molecule has 0 aliphatic carbocycles. The minimum absolute atomic E-state index is 0.0840. The van der Waals surface area contributed by atoms with Gasteiger partial charge in [-0.3, -0.25) is 37.3 Å². The Balaban J connectivity index is 5.29. The topological polar surface area (TPSA) is 237 Å². The molecule has 0 saturated carbocycles. The predicted molar refractivity (Wildman–Crippen MR) is 390 cm³/mol. The average Bonchev–Trinajstić information content (AvgIpc) is 2.29. The molecule has 0 heterocycles. The molecule has 0 amide bonds. The second-order valence-electron chi connectivity index (χ2n) is 28.5. The van der Waals surface area contributed by atoms with E-state index in [2.05, 4.69) is 72.8 Å². The molecule has 0 aromatic heterocycles. The van der Waals surface area contributed by atoms with Crippen LogP contribution in [0.5, 0.6) is 0 Å². The number of ether oxygens (including phenoxy) is 4. The Morgan fingerprint density at radius 3 is 0.844 bits per heavy atom. The number of carbonyl (C=O) groups is 4. The summed E-state index contributed by atoms with van der Waals surface area (Å²) in [6, 6.07) is 0. The quantitative estimate of drug-likeness (QED) is 0.0169. The fraction of sp³-hybridized carbons (Fsp3) is 0.896. The van der Waals surface area contributed by atoms with Gasteiger partial charge in [-0.2, -0.15) is 0 Å². The van der Waals surface area contributed by atoms with Gasteiger partial charge >= 0.3 is 39.5 Å². The summed E-state index contributed by atoms with van der Waals surface area (Å²) < 4.78 is 68.5. The van der Waals surface area contributed by atoms with E-state index in [1.807, 2.05) is 0 Å². The first-order valence-electron chi connectivity index (χ1n) is 39.2. The molecule has 0 rings (SSSR count). The summed E-state index contributed by atoms with van der Waals surface area (Å²) in [6.45, 7) is 11.8. The van der Waals surface area contributed by atoms with Crippen molar-refractivity contribution in [2.75, 3.05) is 39.6 Å². The maximum absolute atomic E-state index is 13.1. The highest BCUT2D eigenvalue weighted by atomic mass is 31.2. The van der Waals surface area contributed by atoms with Crippen LogP contribution in [0.2, 0.25) is 0 Å². The average molecular weight is 1410 g/mol. The minimum atomic E-state index is -4.96. The highest BCUT2D eigenvalue weighted by Crippen LogP contribution is 2.45. The van der Waals surface area contributed by atoms with Crippen LogP contribution >= 0.6 is 15.6 Å². The zero-order valence-electron chi connectivity index (χ0n) is 62.3. The number of aliphatic hydroxyl groups excluding tert-OH is 1. The van der Waals surface area contributed by atoms with E-state index < -0.39 is 97.5 Å². The van der Waals surface area contributed by atoms with E-state index in [0.717, 1.165) is 121 Å². The van der Waals surface area contributed by atoms with Gasteiger partial charge in [0.15, 0.2) is 12.2 Å². The molecular weight excluding hydrogens is 1260 g/mol. The molecule has 0 aliphatic heterocycles. The monoisotopic (exact) mass is 1410 g/mol. The molecule has 5 atom stereocenters. The second-order valence-corrected chi connectivity index (χ2v) is 31.4. The van der Waals surface area contributed by atoms with Crippen LogP contribution in [0.4, 0.5) is 0 Å². The third-order valence-electron chi connectivity index (χ3n) is 17.3. The van der Waals surface area contributed by atoms with Crippen molar-refractivity contribution in [1.82, 2.24) is 0 Å². The first-order chi connectivity index (χ1) is 46.2. The Hall–Kier alpha value is -2.46. The summed E-state index contributed by atoms with van der Waals surface area (Å²) in [7, 11) is -9.93. The van der Waals surface area contributed by atoms with Crippen molar-refractivity contribution in [3.05, 3.63) is 24.3 Å².